The van der Waals surface area contributed by atoms with Crippen LogP contribution < -0.4 is 10.1 Å². The van der Waals surface area contributed by atoms with Gasteiger partial charge in [-0.3, -0.25) is 0 Å². The molecule has 2 rings (SSSR count). The van der Waals surface area contributed by atoms with Crippen LogP contribution in [0.4, 0.5) is 0 Å². The van der Waals surface area contributed by atoms with Gasteiger partial charge in [-0.25, -0.2) is 0 Å². The van der Waals surface area contributed by atoms with E-state index >= 15 is 0 Å². The number of rotatable bonds is 6. The van der Waals surface area contributed by atoms with Gasteiger partial charge in [-0.1, -0.05) is 42.5 Å². The summed E-state index contributed by atoms with van der Waals surface area (Å²) >= 11 is 0. The van der Waals surface area contributed by atoms with E-state index in [1.54, 1.807) is 0 Å². The molecule has 0 spiro atoms. The first kappa shape index (κ1) is 13.6. The summed E-state index contributed by atoms with van der Waals surface area (Å²) in [6.07, 6.45) is 0.215. The molecular weight excluding hydrogens is 234 g/mol. The molecule has 0 fully saturated rings. The van der Waals surface area contributed by atoms with E-state index in [0.717, 1.165) is 18.8 Å². The summed E-state index contributed by atoms with van der Waals surface area (Å²) < 4.78 is 5.69. The minimum absolute atomic E-state index is 0.215. The standard InChI is InChI=1S/C17H21NO/c1-14(2)19-17-10-6-9-16(11-17)13-18-12-15-7-4-3-5-8-15/h3-11,14,18H,12-13H2,1-2H3. The Hall–Kier alpha value is -1.80. The second-order valence-electron chi connectivity index (χ2n) is 4.90. The largest absolute Gasteiger partial charge is 0.491 e. The summed E-state index contributed by atoms with van der Waals surface area (Å²) in [4.78, 5) is 0. The van der Waals surface area contributed by atoms with E-state index in [2.05, 4.69) is 41.7 Å². The predicted molar refractivity (Wildman–Crippen MR) is 79.2 cm³/mol. The minimum Gasteiger partial charge on any atom is -0.491 e. The molecule has 1 N–H and O–H groups in total. The third-order valence-corrected chi connectivity index (χ3v) is 2.77. The fourth-order valence-electron chi connectivity index (χ4n) is 1.95. The molecule has 2 nitrogen and oxygen atoms in total. The molecule has 0 bridgehead atoms. The zero-order valence-corrected chi connectivity index (χ0v) is 11.6. The number of hydrogen-bond donors (Lipinski definition) is 1. The lowest BCUT2D eigenvalue weighted by molar-refractivity contribution is 0.242. The Balaban J connectivity index is 1.86. The average Bonchev–Trinajstić information content (AvgIpc) is 2.40. The third kappa shape index (κ3) is 4.76. The fraction of sp³-hybridized carbons (Fsp3) is 0.294. The van der Waals surface area contributed by atoms with Crippen LogP contribution in [0.3, 0.4) is 0 Å². The van der Waals surface area contributed by atoms with Crippen molar-refractivity contribution in [2.45, 2.75) is 33.0 Å². The van der Waals surface area contributed by atoms with Crippen LogP contribution in [-0.4, -0.2) is 6.10 Å². The van der Waals surface area contributed by atoms with Gasteiger partial charge in [0.1, 0.15) is 5.75 Å². The van der Waals surface area contributed by atoms with Crippen molar-refractivity contribution in [1.82, 2.24) is 5.32 Å². The zero-order valence-electron chi connectivity index (χ0n) is 11.6. The topological polar surface area (TPSA) is 21.3 Å². The highest BCUT2D eigenvalue weighted by Crippen LogP contribution is 2.14. The molecule has 0 radical (unpaired) electrons. The molecule has 0 aliphatic carbocycles. The SMILES string of the molecule is CC(C)Oc1cccc(CNCc2ccccc2)c1. The van der Waals surface area contributed by atoms with Crippen LogP contribution in [0.1, 0.15) is 25.0 Å². The lowest BCUT2D eigenvalue weighted by atomic mass is 10.2. The molecule has 0 amide bonds. The van der Waals surface area contributed by atoms with Gasteiger partial charge in [0.25, 0.3) is 0 Å². The number of hydrogen-bond acceptors (Lipinski definition) is 2. The summed E-state index contributed by atoms with van der Waals surface area (Å²) in [5.41, 5.74) is 2.55. The van der Waals surface area contributed by atoms with Crippen LogP contribution in [0, 0.1) is 0 Å². The first-order valence-electron chi connectivity index (χ1n) is 6.74. The Morgan fingerprint density at radius 3 is 2.32 bits per heavy atom. The summed E-state index contributed by atoms with van der Waals surface area (Å²) in [6.45, 7) is 5.82. The van der Waals surface area contributed by atoms with Gasteiger partial charge >= 0.3 is 0 Å². The van der Waals surface area contributed by atoms with Crippen molar-refractivity contribution in [3.05, 3.63) is 65.7 Å². The van der Waals surface area contributed by atoms with E-state index < -0.39 is 0 Å². The van der Waals surface area contributed by atoms with Gasteiger partial charge in [-0.05, 0) is 37.1 Å². The fourth-order valence-corrected chi connectivity index (χ4v) is 1.95. The Morgan fingerprint density at radius 2 is 1.58 bits per heavy atom. The second kappa shape index (κ2) is 6.95. The monoisotopic (exact) mass is 255 g/mol. The molecule has 0 aliphatic rings. The summed E-state index contributed by atoms with van der Waals surface area (Å²) in [7, 11) is 0. The first-order valence-corrected chi connectivity index (χ1v) is 6.74. The number of benzene rings is 2. The van der Waals surface area contributed by atoms with Gasteiger partial charge in [0.15, 0.2) is 0 Å². The summed E-state index contributed by atoms with van der Waals surface area (Å²) in [5, 5.41) is 3.44. The van der Waals surface area contributed by atoms with Crippen LogP contribution in [0.2, 0.25) is 0 Å². The van der Waals surface area contributed by atoms with Crippen molar-refractivity contribution in [3.8, 4) is 5.75 Å². The molecule has 2 aromatic rings. The lowest BCUT2D eigenvalue weighted by Gasteiger charge is -2.11. The first-order chi connectivity index (χ1) is 9.24. The highest BCUT2D eigenvalue weighted by atomic mass is 16.5. The van der Waals surface area contributed by atoms with Crippen LogP contribution in [0.25, 0.3) is 0 Å². The normalized spacial score (nSPS) is 10.7. The van der Waals surface area contributed by atoms with Crippen molar-refractivity contribution < 1.29 is 4.74 Å². The van der Waals surface area contributed by atoms with Gasteiger partial charge in [0, 0.05) is 13.1 Å². The Labute approximate surface area is 115 Å². The van der Waals surface area contributed by atoms with Crippen LogP contribution in [0.5, 0.6) is 5.75 Å². The molecule has 0 aliphatic heterocycles. The minimum atomic E-state index is 0.215. The van der Waals surface area contributed by atoms with E-state index in [-0.39, 0.29) is 6.10 Å². The van der Waals surface area contributed by atoms with Crippen molar-refractivity contribution in [2.24, 2.45) is 0 Å². The van der Waals surface area contributed by atoms with Gasteiger partial charge in [0.2, 0.25) is 0 Å². The molecule has 0 aromatic heterocycles. The van der Waals surface area contributed by atoms with Gasteiger partial charge in [0.05, 0.1) is 6.10 Å². The predicted octanol–water partition coefficient (Wildman–Crippen LogP) is 3.76. The van der Waals surface area contributed by atoms with E-state index in [1.165, 1.54) is 11.1 Å². The Morgan fingerprint density at radius 1 is 0.895 bits per heavy atom. The summed E-state index contributed by atoms with van der Waals surface area (Å²) in [5.74, 6) is 0.939. The second-order valence-corrected chi connectivity index (χ2v) is 4.90. The highest BCUT2D eigenvalue weighted by molar-refractivity contribution is 5.28. The number of nitrogens with one attached hydrogen (secondary N) is 1. The van der Waals surface area contributed by atoms with E-state index in [1.807, 2.05) is 32.0 Å². The third-order valence-electron chi connectivity index (χ3n) is 2.77. The molecule has 0 unspecified atom stereocenters. The zero-order chi connectivity index (χ0) is 13.5. The van der Waals surface area contributed by atoms with E-state index in [9.17, 15) is 0 Å². The summed E-state index contributed by atoms with van der Waals surface area (Å²) in [6, 6.07) is 18.7. The Kier molecular flexibility index (Phi) is 4.99. The maximum absolute atomic E-state index is 5.69. The Bertz CT molecular complexity index is 494. The molecule has 0 saturated heterocycles. The molecule has 19 heavy (non-hydrogen) atoms. The molecule has 0 heterocycles. The van der Waals surface area contributed by atoms with Crippen LogP contribution in [0.15, 0.2) is 54.6 Å². The maximum atomic E-state index is 5.69. The number of ether oxygens (including phenoxy) is 1. The van der Waals surface area contributed by atoms with Crippen molar-refractivity contribution in [1.29, 1.82) is 0 Å². The van der Waals surface area contributed by atoms with Gasteiger partial charge in [-0.15, -0.1) is 0 Å². The van der Waals surface area contributed by atoms with Crippen molar-refractivity contribution in [3.63, 3.8) is 0 Å². The maximum Gasteiger partial charge on any atom is 0.120 e. The smallest absolute Gasteiger partial charge is 0.120 e. The quantitative estimate of drug-likeness (QED) is 0.848. The molecule has 0 atom stereocenters. The molecule has 100 valence electrons. The highest BCUT2D eigenvalue weighted by Gasteiger charge is 1.99. The molecular formula is C17H21NO. The van der Waals surface area contributed by atoms with Crippen molar-refractivity contribution >= 4 is 0 Å². The van der Waals surface area contributed by atoms with Crippen molar-refractivity contribution in [2.75, 3.05) is 0 Å². The van der Waals surface area contributed by atoms with Crippen LogP contribution >= 0.6 is 0 Å². The average molecular weight is 255 g/mol. The van der Waals surface area contributed by atoms with Gasteiger partial charge in [-0.2, -0.15) is 0 Å². The van der Waals surface area contributed by atoms with E-state index in [0.29, 0.717) is 0 Å². The van der Waals surface area contributed by atoms with Gasteiger partial charge < -0.3 is 10.1 Å². The molecule has 2 heteroatoms. The molecule has 2 aromatic carbocycles. The van der Waals surface area contributed by atoms with E-state index in [4.69, 9.17) is 4.74 Å². The van der Waals surface area contributed by atoms with Crippen LogP contribution in [-0.2, 0) is 13.1 Å². The lowest BCUT2D eigenvalue weighted by Crippen LogP contribution is -2.13. The molecule has 0 saturated carbocycles.